The summed E-state index contributed by atoms with van der Waals surface area (Å²) in [4.78, 5) is 29.4. The van der Waals surface area contributed by atoms with Gasteiger partial charge in [-0.1, -0.05) is 35.9 Å². The van der Waals surface area contributed by atoms with Crippen molar-refractivity contribution < 1.29 is 14.3 Å². The molecule has 0 saturated carbocycles. The van der Waals surface area contributed by atoms with E-state index in [9.17, 15) is 9.59 Å². The van der Waals surface area contributed by atoms with Gasteiger partial charge in [0.15, 0.2) is 0 Å². The predicted octanol–water partition coefficient (Wildman–Crippen LogP) is 1.92. The number of ether oxygens (including phenoxy) is 1. The summed E-state index contributed by atoms with van der Waals surface area (Å²) >= 11 is 6.33. The lowest BCUT2D eigenvalue weighted by Crippen LogP contribution is -2.51. The second-order valence-electron chi connectivity index (χ2n) is 6.80. The first-order valence-corrected chi connectivity index (χ1v) is 9.60. The number of methoxy groups -OCH3 is 1. The highest BCUT2D eigenvalue weighted by Gasteiger charge is 2.35. The Hall–Kier alpha value is -2.35. The minimum Gasteiger partial charge on any atom is -0.466 e. The van der Waals surface area contributed by atoms with Crippen LogP contribution in [0.1, 0.15) is 11.6 Å². The molecule has 1 aromatic rings. The van der Waals surface area contributed by atoms with Crippen LogP contribution in [0.3, 0.4) is 0 Å². The van der Waals surface area contributed by atoms with E-state index in [1.807, 2.05) is 12.1 Å². The quantitative estimate of drug-likeness (QED) is 0.559. The first kappa shape index (κ1) is 20.4. The Balaban J connectivity index is 1.88. The summed E-state index contributed by atoms with van der Waals surface area (Å²) in [5.41, 5.74) is 1.59. The van der Waals surface area contributed by atoms with Crippen molar-refractivity contribution in [2.24, 2.45) is 0 Å². The Morgan fingerprint density at radius 1 is 1.29 bits per heavy atom. The number of halogens is 1. The van der Waals surface area contributed by atoms with Crippen molar-refractivity contribution in [1.29, 1.82) is 0 Å². The molecule has 0 radical (unpaired) electrons. The van der Waals surface area contributed by atoms with Crippen molar-refractivity contribution in [1.82, 2.24) is 20.4 Å². The molecule has 8 heteroatoms. The van der Waals surface area contributed by atoms with Gasteiger partial charge in [-0.25, -0.2) is 9.59 Å². The van der Waals surface area contributed by atoms with Gasteiger partial charge in [0.25, 0.3) is 0 Å². The Morgan fingerprint density at radius 2 is 1.96 bits per heavy atom. The summed E-state index contributed by atoms with van der Waals surface area (Å²) in [7, 11) is 1.33. The van der Waals surface area contributed by atoms with Crippen LogP contribution < -0.4 is 10.6 Å². The van der Waals surface area contributed by atoms with Gasteiger partial charge < -0.3 is 15.4 Å². The lowest BCUT2D eigenvalue weighted by Gasteiger charge is -2.36. The van der Waals surface area contributed by atoms with Crippen LogP contribution in [-0.2, 0) is 9.53 Å². The van der Waals surface area contributed by atoms with Crippen molar-refractivity contribution in [2.45, 2.75) is 6.04 Å². The van der Waals surface area contributed by atoms with Crippen LogP contribution in [0.15, 0.2) is 48.2 Å². The maximum Gasteiger partial charge on any atom is 0.338 e. The lowest BCUT2D eigenvalue weighted by molar-refractivity contribution is -0.136. The number of carbonyl (C=O) groups excluding carboxylic acids is 2. The van der Waals surface area contributed by atoms with Crippen molar-refractivity contribution in [3.05, 3.63) is 58.8 Å². The van der Waals surface area contributed by atoms with Crippen molar-refractivity contribution >= 4 is 23.6 Å². The van der Waals surface area contributed by atoms with Gasteiger partial charge >= 0.3 is 12.0 Å². The zero-order valence-electron chi connectivity index (χ0n) is 15.9. The van der Waals surface area contributed by atoms with Gasteiger partial charge in [0.05, 0.1) is 18.7 Å². The van der Waals surface area contributed by atoms with Crippen molar-refractivity contribution in [3.63, 3.8) is 0 Å². The van der Waals surface area contributed by atoms with Crippen molar-refractivity contribution in [2.75, 3.05) is 46.4 Å². The van der Waals surface area contributed by atoms with E-state index in [2.05, 4.69) is 27.0 Å². The number of hydrogen-bond donors (Lipinski definition) is 2. The monoisotopic (exact) mass is 404 g/mol. The molecule has 3 rings (SSSR count). The summed E-state index contributed by atoms with van der Waals surface area (Å²) in [6.45, 7) is 8.60. The summed E-state index contributed by atoms with van der Waals surface area (Å²) in [6.07, 6.45) is 1.90. The molecule has 2 N–H and O–H groups in total. The number of nitrogens with zero attached hydrogens (tertiary/aromatic N) is 2. The number of carbonyl (C=O) groups is 2. The molecule has 1 fully saturated rings. The molecule has 1 aromatic carbocycles. The number of esters is 1. The molecule has 1 atom stereocenters. The molecule has 0 spiro atoms. The zero-order valence-corrected chi connectivity index (χ0v) is 16.7. The van der Waals surface area contributed by atoms with Gasteiger partial charge in [-0.2, -0.15) is 0 Å². The number of nitrogens with one attached hydrogen (secondary N) is 2. The van der Waals surface area contributed by atoms with Gasteiger partial charge in [-0.05, 0) is 11.6 Å². The Morgan fingerprint density at radius 3 is 2.61 bits per heavy atom. The molecule has 2 aliphatic heterocycles. The second kappa shape index (κ2) is 9.23. The maximum atomic E-state index is 12.6. The zero-order chi connectivity index (χ0) is 20.1. The number of benzene rings is 1. The summed E-state index contributed by atoms with van der Waals surface area (Å²) in [6, 6.07) is 6.14. The molecule has 1 unspecified atom stereocenters. The van der Waals surface area contributed by atoms with Crippen LogP contribution in [0.4, 0.5) is 4.79 Å². The minimum absolute atomic E-state index is 0.363. The van der Waals surface area contributed by atoms with Gasteiger partial charge in [0, 0.05) is 50.0 Å². The van der Waals surface area contributed by atoms with E-state index in [1.54, 1.807) is 18.2 Å². The van der Waals surface area contributed by atoms with E-state index in [0.717, 1.165) is 32.7 Å². The molecular formula is C20H25ClN4O3. The molecular weight excluding hydrogens is 380 g/mol. The fourth-order valence-electron chi connectivity index (χ4n) is 3.57. The topological polar surface area (TPSA) is 73.9 Å². The molecule has 150 valence electrons. The average molecular weight is 405 g/mol. The van der Waals surface area contributed by atoms with Crippen molar-refractivity contribution in [3.8, 4) is 0 Å². The second-order valence-corrected chi connectivity index (χ2v) is 7.21. The fraction of sp³-hybridized carbons (Fsp3) is 0.400. The predicted molar refractivity (Wildman–Crippen MR) is 108 cm³/mol. The van der Waals surface area contributed by atoms with E-state index in [0.29, 0.717) is 28.4 Å². The van der Waals surface area contributed by atoms with Crippen LogP contribution in [0.25, 0.3) is 0 Å². The Labute approximate surface area is 170 Å². The van der Waals surface area contributed by atoms with Gasteiger partial charge in [-0.15, -0.1) is 6.58 Å². The van der Waals surface area contributed by atoms with E-state index in [-0.39, 0.29) is 6.03 Å². The smallest absolute Gasteiger partial charge is 0.338 e. The third-order valence-corrected chi connectivity index (χ3v) is 5.35. The summed E-state index contributed by atoms with van der Waals surface area (Å²) < 4.78 is 5.02. The maximum absolute atomic E-state index is 12.6. The molecule has 0 bridgehead atoms. The first-order chi connectivity index (χ1) is 13.5. The number of piperazine rings is 1. The number of urea groups is 1. The van der Waals surface area contributed by atoms with Gasteiger partial charge in [0.2, 0.25) is 0 Å². The number of amides is 2. The molecule has 7 nitrogen and oxygen atoms in total. The first-order valence-electron chi connectivity index (χ1n) is 9.22. The van der Waals surface area contributed by atoms with Crippen LogP contribution in [0.2, 0.25) is 5.02 Å². The molecule has 2 heterocycles. The molecule has 0 aliphatic carbocycles. The number of hydrogen-bond acceptors (Lipinski definition) is 5. The highest BCUT2D eigenvalue weighted by Crippen LogP contribution is 2.32. The molecule has 28 heavy (non-hydrogen) atoms. The van der Waals surface area contributed by atoms with Gasteiger partial charge in [0.1, 0.15) is 0 Å². The average Bonchev–Trinajstić information content (AvgIpc) is 2.69. The largest absolute Gasteiger partial charge is 0.466 e. The molecule has 2 amide bonds. The van der Waals surface area contributed by atoms with E-state index in [4.69, 9.17) is 16.3 Å². The summed E-state index contributed by atoms with van der Waals surface area (Å²) in [5.74, 6) is -0.488. The fourth-order valence-corrected chi connectivity index (χ4v) is 3.82. The molecule has 0 aromatic heterocycles. The number of rotatable bonds is 6. The van der Waals surface area contributed by atoms with E-state index < -0.39 is 12.0 Å². The minimum atomic E-state index is -0.660. The van der Waals surface area contributed by atoms with Crippen LogP contribution in [-0.4, -0.2) is 68.2 Å². The lowest BCUT2D eigenvalue weighted by atomic mass is 9.95. The highest BCUT2D eigenvalue weighted by molar-refractivity contribution is 6.31. The normalized spacial score (nSPS) is 21.1. The molecule has 2 aliphatic rings. The summed E-state index contributed by atoms with van der Waals surface area (Å²) in [5, 5.41) is 6.08. The Kier molecular flexibility index (Phi) is 6.72. The van der Waals surface area contributed by atoms with Crippen LogP contribution in [0.5, 0.6) is 0 Å². The standard InChI is InChI=1S/C20H25ClN4O3/c1-3-8-24-9-11-25(12-10-24)13-16-17(19(26)28-2)18(23-20(27)22-16)14-6-4-5-7-15(14)21/h3-7,18H,1,8-13H2,2H3,(H2,22,23,27). The third-order valence-electron chi connectivity index (χ3n) is 5.01. The Bertz CT molecular complexity index is 787. The van der Waals surface area contributed by atoms with Crippen LogP contribution >= 0.6 is 11.6 Å². The molecule has 1 saturated heterocycles. The van der Waals surface area contributed by atoms with Crippen LogP contribution in [0, 0.1) is 0 Å². The van der Waals surface area contributed by atoms with E-state index in [1.165, 1.54) is 7.11 Å². The SMILES string of the molecule is C=CCN1CCN(CC2=C(C(=O)OC)C(c3ccccc3Cl)NC(=O)N2)CC1. The third kappa shape index (κ3) is 4.55. The highest BCUT2D eigenvalue weighted by atomic mass is 35.5. The van der Waals surface area contributed by atoms with Gasteiger partial charge in [-0.3, -0.25) is 9.80 Å². The van der Waals surface area contributed by atoms with E-state index >= 15 is 0 Å².